The highest BCUT2D eigenvalue weighted by Gasteiger charge is 2.43. The van der Waals surface area contributed by atoms with Crippen LogP contribution in [-0.4, -0.2) is 29.9 Å². The molecule has 3 aliphatic rings. The van der Waals surface area contributed by atoms with Gasteiger partial charge in [-0.25, -0.2) is 24.9 Å². The summed E-state index contributed by atoms with van der Waals surface area (Å²) < 4.78 is 0. The van der Waals surface area contributed by atoms with Crippen molar-refractivity contribution in [2.75, 3.05) is 0 Å². The molecule has 29 aromatic rings. The first-order valence-corrected chi connectivity index (χ1v) is 51.2. The van der Waals surface area contributed by atoms with Gasteiger partial charge in [-0.1, -0.05) is 406 Å². The van der Waals surface area contributed by atoms with Crippen molar-refractivity contribution >= 4 is 195 Å². The van der Waals surface area contributed by atoms with Gasteiger partial charge < -0.3 is 0 Å². The van der Waals surface area contributed by atoms with E-state index in [0.29, 0.717) is 0 Å². The number of hydrogen-bond acceptors (Lipinski definition) is 6. The standard InChI is InChI=1S/2C49H32N2.C43H28N2/c1-49(2)42-27-39-35-17-9-7-15-33(35)32-14-6-8-16-34(32)38(39)26-41(42)46-37-19-11-10-18-36(37)40(28-43(46)49)45-25-23-31-21-20-30-22-24-44(29-12-4-3-5-13-29)50-47(30)48(31)51-45;1-49(2)40-25-24-38-34-16-7-6-14-32(34)33-15-8-10-18-36(33)44(38)46(40)45-37-19-11-9-17-35(37)39(28-41(45)49)43-27-23-31-21-20-30-22-26-42(29-12-4-3-5-13-29)50-47(30)48(31)51-43;1-43(2)37-23-34-30-14-6-4-12-28(30)27-11-3-5-13-29(27)33(34)22-36(37)40-32-16-8-7-15-31(32)35(24-38(40)43)39-20-19-26-18-17-25-10-9-21-44-41(25)42(26)45-39/h2*3-28H,1-2H3;3-24H,1-2H3. The van der Waals surface area contributed by atoms with Crippen molar-refractivity contribution in [3.05, 3.63) is 482 Å². The third kappa shape index (κ3) is 12.6. The molecule has 0 atom stereocenters. The lowest BCUT2D eigenvalue weighted by molar-refractivity contribution is 0.661. The summed E-state index contributed by atoms with van der Waals surface area (Å²) in [4.78, 5) is 31.3. The zero-order valence-electron chi connectivity index (χ0n) is 81.9. The maximum Gasteiger partial charge on any atom is 0.0972 e. The lowest BCUT2D eigenvalue weighted by Crippen LogP contribution is -2.15. The minimum absolute atomic E-state index is 0.185. The molecule has 147 heavy (non-hydrogen) atoms. The number of nitrogens with zero attached hydrogens (tertiary/aromatic N) is 6. The molecule has 32 rings (SSSR count). The molecule has 0 saturated carbocycles. The Morgan fingerprint density at radius 2 is 0.401 bits per heavy atom. The van der Waals surface area contributed by atoms with Gasteiger partial charge in [0.05, 0.1) is 61.6 Å². The molecule has 686 valence electrons. The van der Waals surface area contributed by atoms with Crippen LogP contribution in [0.1, 0.15) is 74.9 Å². The monoisotopic (exact) mass is 1870 g/mol. The molecule has 0 N–H and O–H groups in total. The van der Waals surface area contributed by atoms with Gasteiger partial charge in [-0.2, -0.15) is 0 Å². The van der Waals surface area contributed by atoms with E-state index in [0.717, 1.165) is 116 Å². The average molecular weight is 1870 g/mol. The Balaban J connectivity index is 0.000000102. The van der Waals surface area contributed by atoms with Crippen LogP contribution in [0.4, 0.5) is 0 Å². The highest BCUT2D eigenvalue weighted by Crippen LogP contribution is 2.61. The molecule has 0 fully saturated rings. The Morgan fingerprint density at radius 3 is 0.762 bits per heavy atom. The highest BCUT2D eigenvalue weighted by atomic mass is 14.8. The van der Waals surface area contributed by atoms with Crippen molar-refractivity contribution in [3.8, 4) is 89.7 Å². The molecule has 6 heteroatoms. The molecular weight excluding hydrogens is 1780 g/mol. The number of fused-ring (bicyclic) bond motifs is 43. The average Bonchev–Trinajstić information content (AvgIpc) is 1.54. The van der Waals surface area contributed by atoms with Crippen LogP contribution >= 0.6 is 0 Å². The first kappa shape index (κ1) is 84.3. The van der Waals surface area contributed by atoms with Gasteiger partial charge in [0.1, 0.15) is 0 Å². The molecule has 0 aliphatic heterocycles. The van der Waals surface area contributed by atoms with Gasteiger partial charge >= 0.3 is 0 Å². The van der Waals surface area contributed by atoms with Crippen LogP contribution < -0.4 is 0 Å². The maximum atomic E-state index is 5.44. The molecule has 0 unspecified atom stereocenters. The summed E-state index contributed by atoms with van der Waals surface area (Å²) in [5, 5.41) is 37.7. The van der Waals surface area contributed by atoms with Crippen LogP contribution in [0.15, 0.2) is 449 Å². The first-order valence-electron chi connectivity index (χ1n) is 51.2. The number of rotatable bonds is 5. The Bertz CT molecular complexity index is 10800. The minimum Gasteiger partial charge on any atom is -0.254 e. The first-order chi connectivity index (χ1) is 72.2. The van der Waals surface area contributed by atoms with Crippen molar-refractivity contribution in [1.82, 2.24) is 29.9 Å². The molecular formula is C141H92N6. The number of benzene rings is 23. The third-order valence-corrected chi connectivity index (χ3v) is 33.1. The van der Waals surface area contributed by atoms with Crippen molar-refractivity contribution in [3.63, 3.8) is 0 Å². The van der Waals surface area contributed by atoms with E-state index < -0.39 is 0 Å². The fourth-order valence-electron chi connectivity index (χ4n) is 25.9. The molecule has 23 aromatic carbocycles. The van der Waals surface area contributed by atoms with E-state index >= 15 is 0 Å². The summed E-state index contributed by atoms with van der Waals surface area (Å²) in [5.74, 6) is 0. The SMILES string of the molecule is CC1(C)c2cc(-c3ccc4ccc5ccc(-c6ccccc6)nc5c4n3)c3ccccc3c2-c2c1ccc1c3ccccc3c3ccccc3c21.CC1(C)c2cc3c4ccccc4c4ccccc4c3cc2-c2c1cc(-c1ccc3ccc4ccc(-c5ccccc5)nc4c3n1)c1ccccc21.CC1(C)c2cc3c4ccccc4c4ccccc4c3cc2-c2c1cc(-c1ccc3ccc4cccnc4c3n1)c1ccccc21. The zero-order valence-corrected chi connectivity index (χ0v) is 81.9. The van der Waals surface area contributed by atoms with Crippen LogP contribution in [-0.2, 0) is 16.2 Å². The fraction of sp³-hybridized carbons (Fsp3) is 0.0638. The topological polar surface area (TPSA) is 77.3 Å². The van der Waals surface area contributed by atoms with Crippen molar-refractivity contribution in [2.24, 2.45) is 0 Å². The van der Waals surface area contributed by atoms with Gasteiger partial charge in [-0.3, -0.25) is 4.98 Å². The van der Waals surface area contributed by atoms with E-state index in [1.165, 1.54) is 202 Å². The number of aromatic nitrogens is 6. The van der Waals surface area contributed by atoms with Gasteiger partial charge in [0.25, 0.3) is 0 Å². The smallest absolute Gasteiger partial charge is 0.0972 e. The minimum atomic E-state index is -0.208. The second-order valence-corrected chi connectivity index (χ2v) is 42.0. The lowest BCUT2D eigenvalue weighted by atomic mass is 9.80. The van der Waals surface area contributed by atoms with Crippen LogP contribution in [0.2, 0.25) is 0 Å². The highest BCUT2D eigenvalue weighted by molar-refractivity contribution is 6.33. The molecule has 0 amide bonds. The predicted octanol–water partition coefficient (Wildman–Crippen LogP) is 37.4. The molecule has 6 nitrogen and oxygen atoms in total. The summed E-state index contributed by atoms with van der Waals surface area (Å²) in [7, 11) is 0. The number of pyridine rings is 6. The van der Waals surface area contributed by atoms with Gasteiger partial charge in [0, 0.05) is 82.6 Å². The van der Waals surface area contributed by atoms with Crippen LogP contribution in [0.25, 0.3) is 284 Å². The Labute approximate surface area is 848 Å². The maximum absolute atomic E-state index is 5.44. The lowest BCUT2D eigenvalue weighted by Gasteiger charge is -2.23. The normalized spacial score (nSPS) is 13.5. The molecule has 0 spiro atoms. The van der Waals surface area contributed by atoms with E-state index in [4.69, 9.17) is 29.9 Å². The summed E-state index contributed by atoms with van der Waals surface area (Å²) >= 11 is 0. The van der Waals surface area contributed by atoms with E-state index in [2.05, 4.69) is 466 Å². The number of hydrogen-bond donors (Lipinski definition) is 0. The third-order valence-electron chi connectivity index (χ3n) is 33.1. The molecule has 0 saturated heterocycles. The summed E-state index contributed by atoms with van der Waals surface area (Å²) in [6.07, 6.45) is 1.86. The Morgan fingerprint density at radius 1 is 0.150 bits per heavy atom. The molecule has 6 aromatic heterocycles. The molecule has 6 heterocycles. The van der Waals surface area contributed by atoms with Gasteiger partial charge in [0.2, 0.25) is 0 Å². The summed E-state index contributed by atoms with van der Waals surface area (Å²) in [5.41, 5.74) is 31.8. The van der Waals surface area contributed by atoms with E-state index in [-0.39, 0.29) is 16.2 Å². The van der Waals surface area contributed by atoms with Crippen molar-refractivity contribution in [2.45, 2.75) is 57.8 Å². The van der Waals surface area contributed by atoms with Crippen molar-refractivity contribution in [1.29, 1.82) is 0 Å². The van der Waals surface area contributed by atoms with Gasteiger partial charge in [-0.05, 0) is 275 Å². The summed E-state index contributed by atoms with van der Waals surface area (Å²) in [6, 6.07) is 161. The van der Waals surface area contributed by atoms with E-state index in [1.807, 2.05) is 24.4 Å². The Kier molecular flexibility index (Phi) is 18.3. The summed E-state index contributed by atoms with van der Waals surface area (Å²) in [6.45, 7) is 14.3. The largest absolute Gasteiger partial charge is 0.254 e. The molecule has 0 radical (unpaired) electrons. The second kappa shape index (κ2) is 31.8. The van der Waals surface area contributed by atoms with Gasteiger partial charge in [-0.15, -0.1) is 0 Å². The fourth-order valence-corrected chi connectivity index (χ4v) is 25.9. The Hall–Kier alpha value is -18.4. The molecule has 0 bridgehead atoms. The van der Waals surface area contributed by atoms with Crippen LogP contribution in [0.3, 0.4) is 0 Å². The van der Waals surface area contributed by atoms with Crippen molar-refractivity contribution < 1.29 is 0 Å². The molecule has 3 aliphatic carbocycles. The van der Waals surface area contributed by atoms with Gasteiger partial charge in [0.15, 0.2) is 0 Å². The van der Waals surface area contributed by atoms with Crippen LogP contribution in [0.5, 0.6) is 0 Å². The van der Waals surface area contributed by atoms with E-state index in [9.17, 15) is 0 Å². The second-order valence-electron chi connectivity index (χ2n) is 42.0. The quantitative estimate of drug-likeness (QED) is 0.160. The van der Waals surface area contributed by atoms with Crippen LogP contribution in [0, 0.1) is 0 Å². The predicted molar refractivity (Wildman–Crippen MR) is 621 cm³/mol. The zero-order chi connectivity index (χ0) is 97.6. The van der Waals surface area contributed by atoms with E-state index in [1.54, 1.807) is 0 Å².